The van der Waals surface area contributed by atoms with Crippen molar-refractivity contribution in [3.05, 3.63) is 0 Å². The fourth-order valence-corrected chi connectivity index (χ4v) is 7.23. The Kier molecular flexibility index (Phi) is 6.33. The molecule has 2 saturated carbocycles. The first-order valence-electron chi connectivity index (χ1n) is 12.8. The van der Waals surface area contributed by atoms with Crippen LogP contribution in [0, 0.1) is 11.8 Å². The van der Waals surface area contributed by atoms with Gasteiger partial charge in [0, 0.05) is 24.2 Å². The quantitative estimate of drug-likeness (QED) is 0.489. The van der Waals surface area contributed by atoms with E-state index in [-0.39, 0.29) is 36.0 Å². The SMILES string of the molecule is O=C1NC2CCCCC2C2CCCC(N2)C(=O)NC2CCCCC2C2CCCC1N2. The molecule has 0 aromatic rings. The lowest BCUT2D eigenvalue weighted by Crippen LogP contribution is -2.63. The molecule has 5 aliphatic rings. The van der Waals surface area contributed by atoms with Crippen LogP contribution in [0.3, 0.4) is 0 Å². The molecule has 4 N–H and O–H groups in total. The lowest BCUT2D eigenvalue weighted by Gasteiger charge is -2.45. The van der Waals surface area contributed by atoms with Crippen molar-refractivity contribution in [3.63, 3.8) is 0 Å². The van der Waals surface area contributed by atoms with Gasteiger partial charge in [0.2, 0.25) is 11.8 Å². The monoisotopic (exact) mass is 416 g/mol. The van der Waals surface area contributed by atoms with Crippen LogP contribution in [0.4, 0.5) is 0 Å². The first kappa shape index (κ1) is 20.7. The third-order valence-corrected chi connectivity index (χ3v) is 8.81. The van der Waals surface area contributed by atoms with Gasteiger partial charge < -0.3 is 21.3 Å². The second-order valence-electron chi connectivity index (χ2n) is 10.6. The van der Waals surface area contributed by atoms with Crippen molar-refractivity contribution in [2.24, 2.45) is 11.8 Å². The fourth-order valence-electron chi connectivity index (χ4n) is 7.23. The molecule has 3 heterocycles. The minimum absolute atomic E-state index is 0.0698. The summed E-state index contributed by atoms with van der Waals surface area (Å²) in [6.45, 7) is 0. The van der Waals surface area contributed by atoms with E-state index in [4.69, 9.17) is 0 Å². The Bertz CT molecular complexity index is 587. The highest BCUT2D eigenvalue weighted by atomic mass is 16.2. The third-order valence-electron chi connectivity index (χ3n) is 8.81. The van der Waals surface area contributed by atoms with Crippen LogP contribution >= 0.6 is 0 Å². The Balaban J connectivity index is 1.42. The van der Waals surface area contributed by atoms with Crippen LogP contribution in [0.25, 0.3) is 0 Å². The molecular weight excluding hydrogens is 376 g/mol. The number of rotatable bonds is 0. The maximum atomic E-state index is 13.3. The molecule has 6 heteroatoms. The Hall–Kier alpha value is -1.14. The Morgan fingerprint density at radius 1 is 0.467 bits per heavy atom. The Labute approximate surface area is 181 Å². The summed E-state index contributed by atoms with van der Waals surface area (Å²) >= 11 is 0. The zero-order chi connectivity index (χ0) is 20.5. The highest BCUT2D eigenvalue weighted by Crippen LogP contribution is 2.34. The molecule has 5 fully saturated rings. The number of nitrogens with one attached hydrogen (secondary N) is 4. The molecule has 30 heavy (non-hydrogen) atoms. The van der Waals surface area contributed by atoms with Crippen LogP contribution in [-0.2, 0) is 9.59 Å². The van der Waals surface area contributed by atoms with Crippen molar-refractivity contribution < 1.29 is 9.59 Å². The van der Waals surface area contributed by atoms with Gasteiger partial charge in [0.05, 0.1) is 12.1 Å². The summed E-state index contributed by atoms with van der Waals surface area (Å²) in [4.78, 5) is 26.5. The van der Waals surface area contributed by atoms with E-state index >= 15 is 0 Å². The molecule has 6 nitrogen and oxygen atoms in total. The Morgan fingerprint density at radius 2 is 0.867 bits per heavy atom. The van der Waals surface area contributed by atoms with Crippen LogP contribution in [0.1, 0.15) is 89.9 Å². The molecule has 8 atom stereocenters. The molecule has 2 aliphatic carbocycles. The zero-order valence-corrected chi connectivity index (χ0v) is 18.3. The fraction of sp³-hybridized carbons (Fsp3) is 0.917. The molecule has 5 rings (SSSR count). The van der Waals surface area contributed by atoms with E-state index in [0.717, 1.165) is 64.2 Å². The van der Waals surface area contributed by atoms with Gasteiger partial charge in [-0.05, 0) is 76.0 Å². The number of fused-ring (bicyclic) bond motifs is 8. The number of amides is 2. The predicted molar refractivity (Wildman–Crippen MR) is 117 cm³/mol. The third kappa shape index (κ3) is 4.27. The molecule has 0 radical (unpaired) electrons. The van der Waals surface area contributed by atoms with Gasteiger partial charge in [-0.1, -0.05) is 25.7 Å². The Morgan fingerprint density at radius 3 is 1.33 bits per heavy atom. The average Bonchev–Trinajstić information content (AvgIpc) is 2.79. The molecule has 0 aromatic heterocycles. The first-order chi connectivity index (χ1) is 14.7. The van der Waals surface area contributed by atoms with Gasteiger partial charge in [0.1, 0.15) is 0 Å². The maximum Gasteiger partial charge on any atom is 0.237 e. The summed E-state index contributed by atoms with van der Waals surface area (Å²) in [5.41, 5.74) is 0. The molecular formula is C24H40N4O2. The second kappa shape index (κ2) is 9.15. The summed E-state index contributed by atoms with van der Waals surface area (Å²) in [7, 11) is 0. The van der Waals surface area contributed by atoms with Gasteiger partial charge >= 0.3 is 0 Å². The van der Waals surface area contributed by atoms with Crippen molar-refractivity contribution in [2.75, 3.05) is 0 Å². The van der Waals surface area contributed by atoms with Crippen LogP contribution in [0.2, 0.25) is 0 Å². The minimum atomic E-state index is -0.0698. The van der Waals surface area contributed by atoms with E-state index in [1.165, 1.54) is 25.7 Å². The van der Waals surface area contributed by atoms with E-state index in [1.54, 1.807) is 0 Å². The smallest absolute Gasteiger partial charge is 0.237 e. The highest BCUT2D eigenvalue weighted by molar-refractivity contribution is 5.83. The summed E-state index contributed by atoms with van der Waals surface area (Å²) < 4.78 is 0. The number of hydrogen-bond acceptors (Lipinski definition) is 4. The first-order valence-corrected chi connectivity index (χ1v) is 12.8. The van der Waals surface area contributed by atoms with Gasteiger partial charge in [-0.2, -0.15) is 0 Å². The van der Waals surface area contributed by atoms with Gasteiger partial charge in [0.25, 0.3) is 0 Å². The standard InChI is InChI=1S/C24H40N4O2/c29-23-22-14-6-12-18(26-22)16-8-2-4-10-20(16)28-24(30)21-13-5-11-17(25-21)15-7-1-3-9-19(15)27-23/h15-22,25-26H,1-14H2,(H,27,29)(H,28,30). The van der Waals surface area contributed by atoms with E-state index in [0.29, 0.717) is 23.9 Å². The summed E-state index contributed by atoms with van der Waals surface area (Å²) in [6.07, 6.45) is 15.7. The van der Waals surface area contributed by atoms with Crippen molar-refractivity contribution in [3.8, 4) is 0 Å². The van der Waals surface area contributed by atoms with E-state index in [2.05, 4.69) is 21.3 Å². The maximum absolute atomic E-state index is 13.3. The topological polar surface area (TPSA) is 82.3 Å². The summed E-state index contributed by atoms with van der Waals surface area (Å²) in [5.74, 6) is 1.33. The molecule has 168 valence electrons. The number of carbonyl (C=O) groups excluding carboxylic acids is 2. The van der Waals surface area contributed by atoms with Gasteiger partial charge in [-0.3, -0.25) is 9.59 Å². The second-order valence-corrected chi connectivity index (χ2v) is 10.6. The van der Waals surface area contributed by atoms with E-state index < -0.39 is 0 Å². The highest BCUT2D eigenvalue weighted by Gasteiger charge is 2.41. The van der Waals surface area contributed by atoms with Crippen LogP contribution < -0.4 is 21.3 Å². The van der Waals surface area contributed by atoms with E-state index in [1.807, 2.05) is 0 Å². The molecule has 8 unspecified atom stereocenters. The summed E-state index contributed by atoms with van der Waals surface area (Å²) in [6, 6.07) is 1.05. The van der Waals surface area contributed by atoms with Crippen LogP contribution in [-0.4, -0.2) is 48.1 Å². The van der Waals surface area contributed by atoms with E-state index in [9.17, 15) is 9.59 Å². The van der Waals surface area contributed by atoms with Crippen LogP contribution in [0.15, 0.2) is 0 Å². The lowest BCUT2D eigenvalue weighted by molar-refractivity contribution is -0.128. The van der Waals surface area contributed by atoms with Crippen molar-refractivity contribution in [2.45, 2.75) is 126 Å². The van der Waals surface area contributed by atoms with Crippen LogP contribution in [0.5, 0.6) is 0 Å². The zero-order valence-electron chi connectivity index (χ0n) is 18.3. The minimum Gasteiger partial charge on any atom is -0.352 e. The number of carbonyl (C=O) groups is 2. The summed E-state index contributed by atoms with van der Waals surface area (Å²) in [5, 5.41) is 14.4. The molecule has 0 aromatic carbocycles. The normalized spacial score (nSPS) is 45.2. The van der Waals surface area contributed by atoms with Crippen molar-refractivity contribution in [1.29, 1.82) is 0 Å². The number of piperidine rings is 2. The molecule has 3 aliphatic heterocycles. The predicted octanol–water partition coefficient (Wildman–Crippen LogP) is 2.37. The molecule has 4 bridgehead atoms. The molecule has 2 amide bonds. The molecule has 3 saturated heterocycles. The lowest BCUT2D eigenvalue weighted by atomic mass is 9.75. The number of hydrogen-bond donors (Lipinski definition) is 4. The average molecular weight is 417 g/mol. The van der Waals surface area contributed by atoms with Gasteiger partial charge in [-0.15, -0.1) is 0 Å². The van der Waals surface area contributed by atoms with Crippen molar-refractivity contribution in [1.82, 2.24) is 21.3 Å². The molecule has 0 spiro atoms. The largest absolute Gasteiger partial charge is 0.352 e. The van der Waals surface area contributed by atoms with Crippen molar-refractivity contribution >= 4 is 11.8 Å². The van der Waals surface area contributed by atoms with Gasteiger partial charge in [-0.25, -0.2) is 0 Å². The van der Waals surface area contributed by atoms with Gasteiger partial charge in [0.15, 0.2) is 0 Å².